The Morgan fingerprint density at radius 1 is 0.870 bits per heavy atom. The molecule has 0 radical (unpaired) electrons. The molecule has 2 rings (SSSR count). The molecule has 0 spiro atoms. The molecule has 0 aliphatic rings. The Morgan fingerprint density at radius 2 is 1.39 bits per heavy atom. The van der Waals surface area contributed by atoms with Crippen molar-refractivity contribution in [3.63, 3.8) is 0 Å². The predicted octanol–water partition coefficient (Wildman–Crippen LogP) is 2.79. The lowest BCUT2D eigenvalue weighted by molar-refractivity contribution is 0.402. The van der Waals surface area contributed by atoms with Crippen molar-refractivity contribution >= 4 is 10.0 Å². The lowest BCUT2D eigenvalue weighted by atomic mass is 10.1. The molecule has 4 nitrogen and oxygen atoms in total. The van der Waals surface area contributed by atoms with E-state index in [4.69, 9.17) is 0 Å². The number of aryl methyl sites for hydroxylation is 1. The summed E-state index contributed by atoms with van der Waals surface area (Å²) in [6, 6.07) is 15.0. The molecule has 0 heterocycles. The number of nitrogens with zero attached hydrogens (tertiary/aromatic N) is 1. The van der Waals surface area contributed by atoms with Crippen LogP contribution in [-0.2, 0) is 29.5 Å². The number of nitrogens with one attached hydrogen (secondary N) is 1. The van der Waals surface area contributed by atoms with Gasteiger partial charge in [0, 0.05) is 13.1 Å². The van der Waals surface area contributed by atoms with Crippen molar-refractivity contribution in [3.05, 3.63) is 65.2 Å². The summed E-state index contributed by atoms with van der Waals surface area (Å²) in [4.78, 5) is 2.40. The van der Waals surface area contributed by atoms with E-state index in [1.165, 1.54) is 5.56 Å². The zero-order chi connectivity index (χ0) is 16.9. The van der Waals surface area contributed by atoms with Crippen molar-refractivity contribution in [1.29, 1.82) is 0 Å². The van der Waals surface area contributed by atoms with Crippen LogP contribution >= 0.6 is 0 Å². The Labute approximate surface area is 139 Å². The van der Waals surface area contributed by atoms with E-state index in [9.17, 15) is 8.42 Å². The van der Waals surface area contributed by atoms with Crippen LogP contribution in [0.4, 0.5) is 0 Å². The number of benzene rings is 2. The van der Waals surface area contributed by atoms with Gasteiger partial charge in [0.1, 0.15) is 0 Å². The summed E-state index contributed by atoms with van der Waals surface area (Å²) in [6.45, 7) is 3.21. The predicted molar refractivity (Wildman–Crippen MR) is 93.7 cm³/mol. The number of hydrogen-bond donors (Lipinski definition) is 1. The molecule has 0 aromatic heterocycles. The summed E-state index contributed by atoms with van der Waals surface area (Å²) < 4.78 is 27.3. The monoisotopic (exact) mass is 332 g/mol. The zero-order valence-corrected chi connectivity index (χ0v) is 14.7. The molecule has 0 saturated heterocycles. The van der Waals surface area contributed by atoms with Gasteiger partial charge in [-0.2, -0.15) is 0 Å². The second kappa shape index (κ2) is 7.73. The Bertz CT molecular complexity index is 721. The average Bonchev–Trinajstić information content (AvgIpc) is 2.54. The lowest BCUT2D eigenvalue weighted by Gasteiger charge is -2.11. The highest BCUT2D eigenvalue weighted by molar-refractivity contribution is 7.89. The molecule has 0 fully saturated rings. The molecule has 0 atom stereocenters. The third kappa shape index (κ3) is 5.16. The van der Waals surface area contributed by atoms with Crippen molar-refractivity contribution in [2.75, 3.05) is 14.1 Å². The highest BCUT2D eigenvalue weighted by atomic mass is 32.2. The van der Waals surface area contributed by atoms with E-state index in [0.29, 0.717) is 11.4 Å². The van der Waals surface area contributed by atoms with Gasteiger partial charge in [-0.3, -0.25) is 0 Å². The van der Waals surface area contributed by atoms with Crippen LogP contribution < -0.4 is 4.72 Å². The SMILES string of the molecule is CCc1ccc(S(=O)(=O)NCc2ccc(CN(C)C)cc2)cc1. The minimum absolute atomic E-state index is 0.292. The van der Waals surface area contributed by atoms with E-state index < -0.39 is 10.0 Å². The third-order valence-electron chi connectivity index (χ3n) is 3.63. The average molecular weight is 332 g/mol. The van der Waals surface area contributed by atoms with E-state index >= 15 is 0 Å². The molecule has 0 amide bonds. The Hall–Kier alpha value is -1.69. The van der Waals surface area contributed by atoms with E-state index in [2.05, 4.69) is 9.62 Å². The molecule has 23 heavy (non-hydrogen) atoms. The molecular formula is C18H24N2O2S. The van der Waals surface area contributed by atoms with Gasteiger partial charge in [-0.15, -0.1) is 0 Å². The maximum Gasteiger partial charge on any atom is 0.240 e. The molecule has 0 unspecified atom stereocenters. The number of sulfonamides is 1. The molecule has 2 aromatic rings. The van der Waals surface area contributed by atoms with Crippen molar-refractivity contribution in [1.82, 2.24) is 9.62 Å². The maximum atomic E-state index is 12.3. The second-order valence-electron chi connectivity index (χ2n) is 5.88. The first-order chi connectivity index (χ1) is 10.9. The smallest absolute Gasteiger partial charge is 0.240 e. The Kier molecular flexibility index (Phi) is 5.93. The van der Waals surface area contributed by atoms with E-state index in [1.807, 2.05) is 57.4 Å². The van der Waals surface area contributed by atoms with E-state index in [-0.39, 0.29) is 0 Å². The van der Waals surface area contributed by atoms with Gasteiger partial charge in [-0.1, -0.05) is 43.3 Å². The molecule has 124 valence electrons. The molecule has 0 aliphatic carbocycles. The fourth-order valence-electron chi connectivity index (χ4n) is 2.29. The van der Waals surface area contributed by atoms with Crippen LogP contribution in [0.3, 0.4) is 0 Å². The molecule has 2 aromatic carbocycles. The van der Waals surface area contributed by atoms with Gasteiger partial charge in [0.2, 0.25) is 10.0 Å². The summed E-state index contributed by atoms with van der Waals surface area (Å²) in [7, 11) is 0.569. The van der Waals surface area contributed by atoms with Crippen LogP contribution in [0.25, 0.3) is 0 Å². The second-order valence-corrected chi connectivity index (χ2v) is 7.64. The molecule has 0 saturated carbocycles. The van der Waals surface area contributed by atoms with Gasteiger partial charge in [-0.05, 0) is 49.3 Å². The van der Waals surface area contributed by atoms with Crippen molar-refractivity contribution < 1.29 is 8.42 Å². The van der Waals surface area contributed by atoms with Crippen LogP contribution in [0.5, 0.6) is 0 Å². The van der Waals surface area contributed by atoms with Crippen LogP contribution in [0.1, 0.15) is 23.6 Å². The number of hydrogen-bond acceptors (Lipinski definition) is 3. The van der Waals surface area contributed by atoms with Gasteiger partial charge in [0.25, 0.3) is 0 Å². The Morgan fingerprint density at radius 3 is 1.91 bits per heavy atom. The van der Waals surface area contributed by atoms with Gasteiger partial charge in [0.05, 0.1) is 4.90 Å². The fourth-order valence-corrected chi connectivity index (χ4v) is 3.31. The molecule has 0 bridgehead atoms. The minimum atomic E-state index is -3.47. The number of rotatable bonds is 7. The first-order valence-corrected chi connectivity index (χ1v) is 9.20. The topological polar surface area (TPSA) is 49.4 Å². The van der Waals surface area contributed by atoms with Gasteiger partial charge < -0.3 is 4.90 Å². The molecule has 1 N–H and O–H groups in total. The maximum absolute atomic E-state index is 12.3. The van der Waals surface area contributed by atoms with Crippen LogP contribution in [0, 0.1) is 0 Å². The zero-order valence-electron chi connectivity index (χ0n) is 13.9. The van der Waals surface area contributed by atoms with Gasteiger partial charge in [0.15, 0.2) is 0 Å². The van der Waals surface area contributed by atoms with Crippen LogP contribution in [0.15, 0.2) is 53.4 Å². The standard InChI is InChI=1S/C18H24N2O2S/c1-4-15-9-11-18(12-10-15)23(21,22)19-13-16-5-7-17(8-6-16)14-20(2)3/h5-12,19H,4,13-14H2,1-3H3. The van der Waals surface area contributed by atoms with Crippen molar-refractivity contribution in [2.45, 2.75) is 31.3 Å². The summed E-state index contributed by atoms with van der Waals surface area (Å²) in [5.74, 6) is 0. The lowest BCUT2D eigenvalue weighted by Crippen LogP contribution is -2.23. The summed E-state index contributed by atoms with van der Waals surface area (Å²) in [6.07, 6.45) is 0.896. The van der Waals surface area contributed by atoms with Crippen LogP contribution in [0.2, 0.25) is 0 Å². The van der Waals surface area contributed by atoms with Crippen molar-refractivity contribution in [2.24, 2.45) is 0 Å². The van der Waals surface area contributed by atoms with Gasteiger partial charge in [-0.25, -0.2) is 13.1 Å². The van der Waals surface area contributed by atoms with E-state index in [0.717, 1.165) is 24.1 Å². The summed E-state index contributed by atoms with van der Waals surface area (Å²) in [5, 5.41) is 0. The summed E-state index contributed by atoms with van der Waals surface area (Å²) >= 11 is 0. The van der Waals surface area contributed by atoms with Crippen molar-refractivity contribution in [3.8, 4) is 0 Å². The highest BCUT2D eigenvalue weighted by Gasteiger charge is 2.13. The molecule has 0 aliphatic heterocycles. The van der Waals surface area contributed by atoms with E-state index in [1.54, 1.807) is 12.1 Å². The summed E-state index contributed by atoms with van der Waals surface area (Å²) in [5.41, 5.74) is 3.28. The quantitative estimate of drug-likeness (QED) is 0.848. The fraction of sp³-hybridized carbons (Fsp3) is 0.333. The first kappa shape index (κ1) is 17.7. The normalized spacial score (nSPS) is 11.8. The minimum Gasteiger partial charge on any atom is -0.305 e. The molecule has 5 heteroatoms. The molecular weight excluding hydrogens is 308 g/mol. The first-order valence-electron chi connectivity index (χ1n) is 7.72. The largest absolute Gasteiger partial charge is 0.305 e. The highest BCUT2D eigenvalue weighted by Crippen LogP contribution is 2.12. The third-order valence-corrected chi connectivity index (χ3v) is 5.05. The van der Waals surface area contributed by atoms with Crippen LogP contribution in [-0.4, -0.2) is 27.4 Å². The van der Waals surface area contributed by atoms with Gasteiger partial charge >= 0.3 is 0 Å². The Balaban J connectivity index is 2.00.